The van der Waals surface area contributed by atoms with Crippen LogP contribution in [0.4, 0.5) is 0 Å². The van der Waals surface area contributed by atoms with Crippen LogP contribution in [0.5, 0.6) is 11.5 Å². The lowest BCUT2D eigenvalue weighted by Crippen LogP contribution is -2.12. The van der Waals surface area contributed by atoms with Gasteiger partial charge >= 0.3 is 0 Å². The van der Waals surface area contributed by atoms with Crippen LogP contribution < -0.4 is 14.8 Å². The first-order chi connectivity index (χ1) is 9.83. The summed E-state index contributed by atoms with van der Waals surface area (Å²) < 4.78 is 11.2. The van der Waals surface area contributed by atoms with Gasteiger partial charge < -0.3 is 14.8 Å². The first-order valence-electron chi connectivity index (χ1n) is 6.88. The zero-order chi connectivity index (χ0) is 14.2. The highest BCUT2D eigenvalue weighted by atomic mass is 16.5. The number of ether oxygens (including phenoxy) is 2. The lowest BCUT2D eigenvalue weighted by atomic mass is 10.1. The topological polar surface area (TPSA) is 30.5 Å². The van der Waals surface area contributed by atoms with E-state index in [1.54, 1.807) is 7.11 Å². The van der Waals surface area contributed by atoms with Crippen LogP contribution in [-0.2, 0) is 13.2 Å². The van der Waals surface area contributed by atoms with Gasteiger partial charge in [0, 0.05) is 12.1 Å². The smallest absolute Gasteiger partial charge is 0.125 e. The predicted octanol–water partition coefficient (Wildman–Crippen LogP) is 3.38. The van der Waals surface area contributed by atoms with Gasteiger partial charge in [0.05, 0.1) is 7.11 Å². The van der Waals surface area contributed by atoms with E-state index in [4.69, 9.17) is 9.47 Å². The van der Waals surface area contributed by atoms with Crippen molar-refractivity contribution in [2.24, 2.45) is 0 Å². The van der Waals surface area contributed by atoms with Crippen molar-refractivity contribution in [1.82, 2.24) is 5.32 Å². The summed E-state index contributed by atoms with van der Waals surface area (Å²) in [5.74, 6) is 1.73. The summed E-state index contributed by atoms with van der Waals surface area (Å²) in [5.41, 5.74) is 2.30. The molecule has 2 aromatic carbocycles. The van der Waals surface area contributed by atoms with Crippen LogP contribution in [0.1, 0.15) is 18.1 Å². The summed E-state index contributed by atoms with van der Waals surface area (Å²) in [5, 5.41) is 3.32. The Balaban J connectivity index is 2.07. The Hall–Kier alpha value is -2.00. The number of methoxy groups -OCH3 is 1. The second-order valence-corrected chi connectivity index (χ2v) is 4.53. The van der Waals surface area contributed by atoms with Crippen LogP contribution in [0.2, 0.25) is 0 Å². The molecule has 0 heterocycles. The third-order valence-electron chi connectivity index (χ3n) is 3.06. The first-order valence-corrected chi connectivity index (χ1v) is 6.88. The molecule has 2 rings (SSSR count). The first kappa shape index (κ1) is 14.4. The Morgan fingerprint density at radius 2 is 1.85 bits per heavy atom. The second-order valence-electron chi connectivity index (χ2n) is 4.53. The van der Waals surface area contributed by atoms with Gasteiger partial charge in [-0.05, 0) is 36.4 Å². The molecule has 20 heavy (non-hydrogen) atoms. The van der Waals surface area contributed by atoms with Crippen LogP contribution in [0.25, 0.3) is 0 Å². The summed E-state index contributed by atoms with van der Waals surface area (Å²) in [6.45, 7) is 4.43. The van der Waals surface area contributed by atoms with Gasteiger partial charge in [-0.1, -0.05) is 31.2 Å². The van der Waals surface area contributed by atoms with Crippen molar-refractivity contribution in [2.75, 3.05) is 13.7 Å². The Kier molecular flexibility index (Phi) is 5.44. The van der Waals surface area contributed by atoms with Gasteiger partial charge in [-0.25, -0.2) is 0 Å². The zero-order valence-electron chi connectivity index (χ0n) is 12.1. The average Bonchev–Trinajstić information content (AvgIpc) is 2.52. The van der Waals surface area contributed by atoms with Gasteiger partial charge in [0.25, 0.3) is 0 Å². The van der Waals surface area contributed by atoms with Gasteiger partial charge in [-0.2, -0.15) is 0 Å². The van der Waals surface area contributed by atoms with E-state index in [0.29, 0.717) is 6.61 Å². The van der Waals surface area contributed by atoms with Crippen LogP contribution in [0.3, 0.4) is 0 Å². The molecule has 0 saturated carbocycles. The van der Waals surface area contributed by atoms with Crippen molar-refractivity contribution >= 4 is 0 Å². The quantitative estimate of drug-likeness (QED) is 0.837. The molecule has 3 heteroatoms. The molecule has 0 spiro atoms. The molecule has 0 radical (unpaired) electrons. The molecule has 0 atom stereocenters. The van der Waals surface area contributed by atoms with Crippen LogP contribution in [0, 0.1) is 0 Å². The maximum absolute atomic E-state index is 5.79. The van der Waals surface area contributed by atoms with Crippen molar-refractivity contribution in [3.8, 4) is 11.5 Å². The molecule has 0 aliphatic carbocycles. The van der Waals surface area contributed by atoms with Gasteiger partial charge in [-0.15, -0.1) is 0 Å². The van der Waals surface area contributed by atoms with Gasteiger partial charge in [-0.3, -0.25) is 0 Å². The van der Waals surface area contributed by atoms with E-state index in [9.17, 15) is 0 Å². The van der Waals surface area contributed by atoms with Gasteiger partial charge in [0.15, 0.2) is 0 Å². The maximum atomic E-state index is 5.79. The summed E-state index contributed by atoms with van der Waals surface area (Å²) in [6, 6.07) is 16.0. The Bertz CT molecular complexity index is 526. The van der Waals surface area contributed by atoms with Crippen molar-refractivity contribution in [2.45, 2.75) is 20.1 Å². The highest BCUT2D eigenvalue weighted by Crippen LogP contribution is 2.22. The maximum Gasteiger partial charge on any atom is 0.125 e. The SMILES string of the molecule is CCNCc1ccc(OC)c(COc2ccccc2)c1. The number of rotatable bonds is 7. The number of para-hydroxylation sites is 1. The minimum absolute atomic E-state index is 0.507. The molecule has 1 N–H and O–H groups in total. The Morgan fingerprint density at radius 3 is 2.55 bits per heavy atom. The fourth-order valence-electron chi connectivity index (χ4n) is 2.00. The predicted molar refractivity (Wildman–Crippen MR) is 81.1 cm³/mol. The zero-order valence-corrected chi connectivity index (χ0v) is 12.1. The van der Waals surface area contributed by atoms with Crippen molar-refractivity contribution < 1.29 is 9.47 Å². The highest BCUT2D eigenvalue weighted by Gasteiger charge is 2.05. The van der Waals surface area contributed by atoms with Crippen molar-refractivity contribution in [3.05, 3.63) is 59.7 Å². The average molecular weight is 271 g/mol. The number of hydrogen-bond donors (Lipinski definition) is 1. The van der Waals surface area contributed by atoms with E-state index in [1.165, 1.54) is 5.56 Å². The van der Waals surface area contributed by atoms with Crippen LogP contribution in [-0.4, -0.2) is 13.7 Å². The summed E-state index contributed by atoms with van der Waals surface area (Å²) in [4.78, 5) is 0. The van der Waals surface area contributed by atoms with Gasteiger partial charge in [0.1, 0.15) is 18.1 Å². The molecule has 2 aromatic rings. The van der Waals surface area contributed by atoms with E-state index >= 15 is 0 Å². The third-order valence-corrected chi connectivity index (χ3v) is 3.06. The van der Waals surface area contributed by atoms with E-state index in [0.717, 1.165) is 30.2 Å². The molecular formula is C17H21NO2. The molecule has 0 bridgehead atoms. The molecule has 0 fully saturated rings. The summed E-state index contributed by atoms with van der Waals surface area (Å²) in [6.07, 6.45) is 0. The Morgan fingerprint density at radius 1 is 1.05 bits per heavy atom. The second kappa shape index (κ2) is 7.56. The summed E-state index contributed by atoms with van der Waals surface area (Å²) in [7, 11) is 1.69. The van der Waals surface area contributed by atoms with E-state index in [-0.39, 0.29) is 0 Å². The number of benzene rings is 2. The lowest BCUT2D eigenvalue weighted by Gasteiger charge is -2.12. The third kappa shape index (κ3) is 4.00. The number of hydrogen-bond acceptors (Lipinski definition) is 3. The minimum atomic E-state index is 0.507. The van der Waals surface area contributed by atoms with E-state index in [2.05, 4.69) is 24.4 Å². The fourth-order valence-corrected chi connectivity index (χ4v) is 2.00. The molecule has 0 aromatic heterocycles. The van der Waals surface area contributed by atoms with Crippen LogP contribution in [0.15, 0.2) is 48.5 Å². The normalized spacial score (nSPS) is 10.3. The molecule has 0 aliphatic heterocycles. The lowest BCUT2D eigenvalue weighted by molar-refractivity contribution is 0.296. The molecule has 0 aliphatic rings. The molecule has 0 saturated heterocycles. The standard InChI is InChI=1S/C17H21NO2/c1-3-18-12-14-9-10-17(19-2)15(11-14)13-20-16-7-5-4-6-8-16/h4-11,18H,3,12-13H2,1-2H3. The molecular weight excluding hydrogens is 250 g/mol. The van der Waals surface area contributed by atoms with Crippen molar-refractivity contribution in [3.63, 3.8) is 0 Å². The highest BCUT2D eigenvalue weighted by molar-refractivity contribution is 5.37. The van der Waals surface area contributed by atoms with Gasteiger partial charge in [0.2, 0.25) is 0 Å². The van der Waals surface area contributed by atoms with Crippen molar-refractivity contribution in [1.29, 1.82) is 0 Å². The number of nitrogens with one attached hydrogen (secondary N) is 1. The molecule has 0 unspecified atom stereocenters. The minimum Gasteiger partial charge on any atom is -0.496 e. The van der Waals surface area contributed by atoms with E-state index in [1.807, 2.05) is 36.4 Å². The molecule has 106 valence electrons. The fraction of sp³-hybridized carbons (Fsp3) is 0.294. The van der Waals surface area contributed by atoms with Crippen LogP contribution >= 0.6 is 0 Å². The molecule has 0 amide bonds. The molecule has 3 nitrogen and oxygen atoms in total. The summed E-state index contributed by atoms with van der Waals surface area (Å²) >= 11 is 0. The Labute approximate surface area is 120 Å². The largest absolute Gasteiger partial charge is 0.496 e. The van der Waals surface area contributed by atoms with E-state index < -0.39 is 0 Å². The monoisotopic (exact) mass is 271 g/mol.